The lowest BCUT2D eigenvalue weighted by Crippen LogP contribution is -2.29. The van der Waals surface area contributed by atoms with E-state index in [1.807, 2.05) is 18.2 Å². The first-order valence-corrected chi connectivity index (χ1v) is 9.32. The highest BCUT2D eigenvalue weighted by Crippen LogP contribution is 2.28. The van der Waals surface area contributed by atoms with Gasteiger partial charge in [-0.2, -0.15) is 0 Å². The first-order chi connectivity index (χ1) is 12.1. The number of aromatic nitrogens is 1. The number of nitrogens with one attached hydrogen (secondary N) is 2. The molecule has 130 valence electrons. The molecule has 1 amide bonds. The Kier molecular flexibility index (Phi) is 5.72. The van der Waals surface area contributed by atoms with Crippen LogP contribution in [0.1, 0.15) is 6.42 Å². The minimum Gasteiger partial charge on any atom is -0.497 e. The van der Waals surface area contributed by atoms with Crippen molar-refractivity contribution in [2.75, 3.05) is 18.3 Å². The normalized spacial score (nSPS) is 10.6. The quantitative estimate of drug-likeness (QED) is 0.480. The average molecular weight is 377 g/mol. The van der Waals surface area contributed by atoms with E-state index in [0.29, 0.717) is 17.3 Å². The molecule has 25 heavy (non-hydrogen) atoms. The number of hydrogen-bond acceptors (Lipinski definition) is 6. The van der Waals surface area contributed by atoms with Crippen LogP contribution in [-0.4, -0.2) is 23.8 Å². The van der Waals surface area contributed by atoms with Gasteiger partial charge in [-0.15, -0.1) is 11.8 Å². The molecular formula is C17H16FN3O2S2. The van der Waals surface area contributed by atoms with Gasteiger partial charge in [-0.05, 0) is 42.5 Å². The molecule has 0 atom stereocenters. The molecule has 1 heterocycles. The second kappa shape index (κ2) is 8.17. The Morgan fingerprint density at radius 1 is 1.28 bits per heavy atom. The molecule has 0 aliphatic heterocycles. The van der Waals surface area contributed by atoms with Crippen LogP contribution in [0.15, 0.2) is 47.4 Å². The van der Waals surface area contributed by atoms with Crippen molar-refractivity contribution in [1.29, 1.82) is 0 Å². The number of hydrazine groups is 1. The summed E-state index contributed by atoms with van der Waals surface area (Å²) in [7, 11) is 1.62. The van der Waals surface area contributed by atoms with Gasteiger partial charge in [-0.3, -0.25) is 15.6 Å². The molecule has 0 aliphatic rings. The maximum atomic E-state index is 12.8. The van der Waals surface area contributed by atoms with Gasteiger partial charge >= 0.3 is 0 Å². The molecule has 0 saturated carbocycles. The van der Waals surface area contributed by atoms with E-state index in [2.05, 4.69) is 15.8 Å². The molecule has 0 bridgehead atoms. The zero-order chi connectivity index (χ0) is 17.6. The predicted molar refractivity (Wildman–Crippen MR) is 99.7 cm³/mol. The van der Waals surface area contributed by atoms with Crippen molar-refractivity contribution in [2.45, 2.75) is 11.3 Å². The van der Waals surface area contributed by atoms with Crippen LogP contribution in [-0.2, 0) is 4.79 Å². The van der Waals surface area contributed by atoms with E-state index in [0.717, 1.165) is 20.9 Å². The van der Waals surface area contributed by atoms with Crippen LogP contribution in [0.4, 0.5) is 9.52 Å². The Morgan fingerprint density at radius 2 is 2.08 bits per heavy atom. The Morgan fingerprint density at radius 3 is 2.84 bits per heavy atom. The van der Waals surface area contributed by atoms with E-state index in [9.17, 15) is 9.18 Å². The van der Waals surface area contributed by atoms with E-state index in [1.54, 1.807) is 19.2 Å². The number of amides is 1. The number of carbonyl (C=O) groups excluding carboxylic acids is 1. The Labute approximate surface area is 152 Å². The van der Waals surface area contributed by atoms with Crippen molar-refractivity contribution in [1.82, 2.24) is 10.4 Å². The molecule has 3 aromatic rings. The Bertz CT molecular complexity index is 868. The standard InChI is InChI=1S/C17H16FN3O2S2/c1-23-12-4-7-14-15(10-12)25-17(19-14)21-20-16(22)8-9-24-13-5-2-11(18)3-6-13/h2-7,10H,8-9H2,1H3,(H,19,21)(H,20,22). The average Bonchev–Trinajstić information content (AvgIpc) is 3.03. The predicted octanol–water partition coefficient (Wildman–Crippen LogP) is 4.07. The fraction of sp³-hybridized carbons (Fsp3) is 0.176. The van der Waals surface area contributed by atoms with Gasteiger partial charge in [0.25, 0.3) is 0 Å². The highest BCUT2D eigenvalue weighted by atomic mass is 32.2. The Balaban J connectivity index is 1.46. The van der Waals surface area contributed by atoms with Gasteiger partial charge in [0.2, 0.25) is 11.0 Å². The lowest BCUT2D eigenvalue weighted by Gasteiger charge is -2.05. The number of nitrogens with zero attached hydrogens (tertiary/aromatic N) is 1. The number of ether oxygens (including phenoxy) is 1. The van der Waals surface area contributed by atoms with Crippen molar-refractivity contribution in [3.05, 3.63) is 48.3 Å². The second-order valence-electron chi connectivity index (χ2n) is 5.08. The monoisotopic (exact) mass is 377 g/mol. The lowest BCUT2D eigenvalue weighted by molar-refractivity contribution is -0.120. The SMILES string of the molecule is COc1ccc2nc(NNC(=O)CCSc3ccc(F)cc3)sc2c1. The van der Waals surface area contributed by atoms with Gasteiger partial charge in [0.05, 0.1) is 17.3 Å². The van der Waals surface area contributed by atoms with Crippen LogP contribution < -0.4 is 15.6 Å². The summed E-state index contributed by atoms with van der Waals surface area (Å²) in [5.74, 6) is 0.978. The second-order valence-corrected chi connectivity index (χ2v) is 7.28. The molecule has 1 aromatic heterocycles. The van der Waals surface area contributed by atoms with Gasteiger partial charge in [-0.1, -0.05) is 11.3 Å². The number of halogens is 1. The first kappa shape index (κ1) is 17.5. The molecule has 0 fully saturated rings. The highest BCUT2D eigenvalue weighted by Gasteiger charge is 2.07. The van der Waals surface area contributed by atoms with Crippen molar-refractivity contribution in [3.63, 3.8) is 0 Å². The number of rotatable bonds is 7. The minimum absolute atomic E-state index is 0.133. The molecule has 0 aliphatic carbocycles. The topological polar surface area (TPSA) is 63.2 Å². The molecule has 3 rings (SSSR count). The van der Waals surface area contributed by atoms with Crippen molar-refractivity contribution in [3.8, 4) is 5.75 Å². The minimum atomic E-state index is -0.264. The van der Waals surface area contributed by atoms with Gasteiger partial charge in [0, 0.05) is 17.1 Å². The number of carbonyl (C=O) groups is 1. The molecular weight excluding hydrogens is 361 g/mol. The van der Waals surface area contributed by atoms with Crippen LogP contribution >= 0.6 is 23.1 Å². The summed E-state index contributed by atoms with van der Waals surface area (Å²) >= 11 is 2.94. The molecule has 0 spiro atoms. The molecule has 0 saturated heterocycles. The maximum absolute atomic E-state index is 12.8. The fourth-order valence-corrected chi connectivity index (χ4v) is 3.76. The van der Waals surface area contributed by atoms with E-state index in [-0.39, 0.29) is 11.7 Å². The van der Waals surface area contributed by atoms with Crippen molar-refractivity contribution < 1.29 is 13.9 Å². The lowest BCUT2D eigenvalue weighted by atomic mass is 10.3. The number of fused-ring (bicyclic) bond motifs is 1. The third kappa shape index (κ3) is 4.83. The number of anilines is 1. The van der Waals surface area contributed by atoms with Crippen LogP contribution in [0.2, 0.25) is 0 Å². The highest BCUT2D eigenvalue weighted by molar-refractivity contribution is 7.99. The number of benzene rings is 2. The summed E-state index contributed by atoms with van der Waals surface area (Å²) in [5.41, 5.74) is 6.32. The third-order valence-corrected chi connectivity index (χ3v) is 5.26. The summed E-state index contributed by atoms with van der Waals surface area (Å²) < 4.78 is 19.0. The van der Waals surface area contributed by atoms with Crippen molar-refractivity contribution >= 4 is 44.4 Å². The molecule has 2 aromatic carbocycles. The van der Waals surface area contributed by atoms with E-state index >= 15 is 0 Å². The van der Waals surface area contributed by atoms with E-state index < -0.39 is 0 Å². The van der Waals surface area contributed by atoms with Crippen LogP contribution in [0, 0.1) is 5.82 Å². The van der Waals surface area contributed by atoms with Gasteiger partial charge in [0.1, 0.15) is 11.6 Å². The van der Waals surface area contributed by atoms with Crippen LogP contribution in [0.5, 0.6) is 5.75 Å². The summed E-state index contributed by atoms with van der Waals surface area (Å²) in [5, 5.41) is 0.614. The molecule has 2 N–H and O–H groups in total. The largest absolute Gasteiger partial charge is 0.497 e. The maximum Gasteiger partial charge on any atom is 0.239 e. The smallest absolute Gasteiger partial charge is 0.239 e. The first-order valence-electron chi connectivity index (χ1n) is 7.52. The summed E-state index contributed by atoms with van der Waals surface area (Å²) in [6, 6.07) is 11.8. The number of thiazole rings is 1. The summed E-state index contributed by atoms with van der Waals surface area (Å²) in [6.45, 7) is 0. The third-order valence-electron chi connectivity index (χ3n) is 3.32. The number of hydrogen-bond donors (Lipinski definition) is 2. The number of thioether (sulfide) groups is 1. The van der Waals surface area contributed by atoms with Crippen LogP contribution in [0.3, 0.4) is 0 Å². The van der Waals surface area contributed by atoms with Crippen molar-refractivity contribution in [2.24, 2.45) is 0 Å². The molecule has 0 radical (unpaired) electrons. The van der Waals surface area contributed by atoms with E-state index in [4.69, 9.17) is 4.74 Å². The zero-order valence-electron chi connectivity index (χ0n) is 13.4. The van der Waals surface area contributed by atoms with Gasteiger partial charge < -0.3 is 4.74 Å². The Hall–Kier alpha value is -2.32. The molecule has 0 unspecified atom stereocenters. The molecule has 8 heteroatoms. The fourth-order valence-electron chi connectivity index (χ4n) is 2.06. The van der Waals surface area contributed by atoms with Gasteiger partial charge in [0.15, 0.2) is 0 Å². The van der Waals surface area contributed by atoms with Gasteiger partial charge in [-0.25, -0.2) is 9.37 Å². The van der Waals surface area contributed by atoms with E-state index in [1.165, 1.54) is 35.2 Å². The van der Waals surface area contributed by atoms with Crippen LogP contribution in [0.25, 0.3) is 10.2 Å². The number of methoxy groups -OCH3 is 1. The summed E-state index contributed by atoms with van der Waals surface area (Å²) in [4.78, 5) is 17.2. The zero-order valence-corrected chi connectivity index (χ0v) is 15.0. The summed E-state index contributed by atoms with van der Waals surface area (Å²) in [6.07, 6.45) is 0.341. The molecule has 5 nitrogen and oxygen atoms in total.